The lowest BCUT2D eigenvalue weighted by molar-refractivity contribution is 0.635. The van der Waals surface area contributed by atoms with E-state index >= 15 is 0 Å². The maximum absolute atomic E-state index is 13.5. The summed E-state index contributed by atoms with van der Waals surface area (Å²) in [6.07, 6.45) is 0. The molecule has 14 heavy (non-hydrogen) atoms. The average Bonchev–Trinajstić information content (AvgIpc) is 2.07. The number of halogens is 3. The highest BCUT2D eigenvalue weighted by atomic mass is 79.9. The summed E-state index contributed by atoms with van der Waals surface area (Å²) in [6.45, 7) is 1.78. The van der Waals surface area contributed by atoms with Gasteiger partial charge in [0.25, 0.3) is 0 Å². The summed E-state index contributed by atoms with van der Waals surface area (Å²) in [4.78, 5) is 4.10. The SMILES string of the molecule is Cc1cc(Cl)c2cc(Br)cc(F)c2n1. The van der Waals surface area contributed by atoms with Crippen molar-refractivity contribution in [1.82, 2.24) is 4.98 Å². The predicted octanol–water partition coefficient (Wildman–Crippen LogP) is 4.10. The van der Waals surface area contributed by atoms with Crippen LogP contribution < -0.4 is 0 Å². The third kappa shape index (κ3) is 1.62. The van der Waals surface area contributed by atoms with Crippen molar-refractivity contribution >= 4 is 38.4 Å². The second-order valence-corrected chi connectivity index (χ2v) is 4.35. The van der Waals surface area contributed by atoms with Gasteiger partial charge in [0.05, 0.1) is 5.02 Å². The van der Waals surface area contributed by atoms with Crippen LogP contribution in [0.5, 0.6) is 0 Å². The number of hydrogen-bond acceptors (Lipinski definition) is 1. The van der Waals surface area contributed by atoms with E-state index in [1.165, 1.54) is 6.07 Å². The Bertz CT molecular complexity index is 466. The Morgan fingerprint density at radius 2 is 2.07 bits per heavy atom. The molecule has 0 saturated heterocycles. The lowest BCUT2D eigenvalue weighted by Crippen LogP contribution is -1.88. The molecule has 0 N–H and O–H groups in total. The minimum atomic E-state index is -0.361. The average molecular weight is 275 g/mol. The number of aryl methyl sites for hydroxylation is 1. The number of benzene rings is 1. The fraction of sp³-hybridized carbons (Fsp3) is 0.100. The normalized spacial score (nSPS) is 10.9. The molecule has 2 rings (SSSR count). The number of hydrogen-bond donors (Lipinski definition) is 0. The van der Waals surface area contributed by atoms with E-state index in [1.54, 1.807) is 19.1 Å². The third-order valence-corrected chi connectivity index (χ3v) is 2.68. The van der Waals surface area contributed by atoms with Crippen LogP contribution in [0.4, 0.5) is 4.39 Å². The van der Waals surface area contributed by atoms with Gasteiger partial charge < -0.3 is 0 Å². The fourth-order valence-corrected chi connectivity index (χ4v) is 2.06. The molecular weight excluding hydrogens is 268 g/mol. The zero-order chi connectivity index (χ0) is 10.3. The molecule has 72 valence electrons. The number of pyridine rings is 1. The van der Waals surface area contributed by atoms with Crippen molar-refractivity contribution in [3.63, 3.8) is 0 Å². The molecule has 0 aliphatic carbocycles. The molecule has 0 saturated carbocycles. The molecule has 1 nitrogen and oxygen atoms in total. The minimum absolute atomic E-state index is 0.318. The molecule has 0 atom stereocenters. The second-order valence-electron chi connectivity index (χ2n) is 3.03. The van der Waals surface area contributed by atoms with Gasteiger partial charge in [-0.05, 0) is 25.1 Å². The van der Waals surface area contributed by atoms with Crippen molar-refractivity contribution in [2.45, 2.75) is 6.92 Å². The predicted molar refractivity (Wildman–Crippen MR) is 59.1 cm³/mol. The Kier molecular flexibility index (Phi) is 2.45. The maximum atomic E-state index is 13.5. The standard InChI is InChI=1S/C10H6BrClFN/c1-5-2-8(12)7-3-6(11)4-9(13)10(7)14-5/h2-4H,1H3. The van der Waals surface area contributed by atoms with E-state index in [2.05, 4.69) is 20.9 Å². The summed E-state index contributed by atoms with van der Waals surface area (Å²) in [5, 5.41) is 1.15. The molecule has 0 aliphatic heterocycles. The Morgan fingerprint density at radius 1 is 1.36 bits per heavy atom. The van der Waals surface area contributed by atoms with E-state index in [0.29, 0.717) is 26.1 Å². The topological polar surface area (TPSA) is 12.9 Å². The van der Waals surface area contributed by atoms with Gasteiger partial charge in [-0.25, -0.2) is 9.37 Å². The molecule has 0 fully saturated rings. The molecule has 1 aromatic carbocycles. The molecular formula is C10H6BrClFN. The smallest absolute Gasteiger partial charge is 0.150 e. The number of aromatic nitrogens is 1. The van der Waals surface area contributed by atoms with Crippen molar-refractivity contribution in [1.29, 1.82) is 0 Å². The summed E-state index contributed by atoms with van der Waals surface area (Å²) in [5.41, 5.74) is 1.03. The van der Waals surface area contributed by atoms with E-state index in [4.69, 9.17) is 11.6 Å². The number of fused-ring (bicyclic) bond motifs is 1. The van der Waals surface area contributed by atoms with Crippen LogP contribution in [0.3, 0.4) is 0 Å². The van der Waals surface area contributed by atoms with Gasteiger partial charge in [0.1, 0.15) is 5.52 Å². The maximum Gasteiger partial charge on any atom is 0.150 e. The summed E-state index contributed by atoms with van der Waals surface area (Å²) >= 11 is 9.19. The summed E-state index contributed by atoms with van der Waals surface area (Å²) < 4.78 is 14.1. The largest absolute Gasteiger partial charge is 0.250 e. The van der Waals surface area contributed by atoms with Crippen LogP contribution in [0.1, 0.15) is 5.69 Å². The monoisotopic (exact) mass is 273 g/mol. The van der Waals surface area contributed by atoms with Gasteiger partial charge in [0.2, 0.25) is 0 Å². The Balaban J connectivity index is 2.94. The van der Waals surface area contributed by atoms with Gasteiger partial charge in [-0.2, -0.15) is 0 Å². The zero-order valence-corrected chi connectivity index (χ0v) is 9.66. The van der Waals surface area contributed by atoms with Crippen LogP contribution >= 0.6 is 27.5 Å². The number of nitrogens with zero attached hydrogens (tertiary/aromatic N) is 1. The molecule has 4 heteroatoms. The molecule has 2 aromatic rings. The highest BCUT2D eigenvalue weighted by Crippen LogP contribution is 2.28. The minimum Gasteiger partial charge on any atom is -0.250 e. The van der Waals surface area contributed by atoms with Gasteiger partial charge >= 0.3 is 0 Å². The molecule has 0 unspecified atom stereocenters. The highest BCUT2D eigenvalue weighted by molar-refractivity contribution is 9.10. The van der Waals surface area contributed by atoms with E-state index in [0.717, 1.165) is 0 Å². The van der Waals surface area contributed by atoms with Gasteiger partial charge in [-0.1, -0.05) is 27.5 Å². The van der Waals surface area contributed by atoms with Crippen molar-refractivity contribution in [3.05, 3.63) is 39.2 Å². The van der Waals surface area contributed by atoms with E-state index < -0.39 is 0 Å². The lowest BCUT2D eigenvalue weighted by Gasteiger charge is -2.03. The summed E-state index contributed by atoms with van der Waals surface area (Å²) in [5.74, 6) is -0.361. The van der Waals surface area contributed by atoms with Gasteiger partial charge in [0, 0.05) is 15.6 Å². The first-order valence-electron chi connectivity index (χ1n) is 4.00. The molecule has 0 radical (unpaired) electrons. The molecule has 1 heterocycles. The van der Waals surface area contributed by atoms with E-state index in [1.807, 2.05) is 0 Å². The molecule has 0 bridgehead atoms. The van der Waals surface area contributed by atoms with Gasteiger partial charge in [-0.15, -0.1) is 0 Å². The first-order chi connectivity index (χ1) is 6.58. The highest BCUT2D eigenvalue weighted by Gasteiger charge is 2.07. The third-order valence-electron chi connectivity index (χ3n) is 1.91. The molecule has 1 aromatic heterocycles. The quantitative estimate of drug-likeness (QED) is 0.705. The molecule has 0 aliphatic rings. The Morgan fingerprint density at radius 3 is 2.79 bits per heavy atom. The van der Waals surface area contributed by atoms with Crippen LogP contribution in [0.25, 0.3) is 10.9 Å². The summed E-state index contributed by atoms with van der Waals surface area (Å²) in [7, 11) is 0. The van der Waals surface area contributed by atoms with Crippen molar-refractivity contribution in [2.75, 3.05) is 0 Å². The van der Waals surface area contributed by atoms with E-state index in [9.17, 15) is 4.39 Å². The first-order valence-corrected chi connectivity index (χ1v) is 5.17. The van der Waals surface area contributed by atoms with Crippen LogP contribution in [0, 0.1) is 12.7 Å². The molecule has 0 amide bonds. The Labute approximate surface area is 94.0 Å². The second kappa shape index (κ2) is 3.48. The van der Waals surface area contributed by atoms with Crippen LogP contribution in [0.15, 0.2) is 22.7 Å². The van der Waals surface area contributed by atoms with Crippen LogP contribution in [-0.4, -0.2) is 4.98 Å². The van der Waals surface area contributed by atoms with Gasteiger partial charge in [0.15, 0.2) is 5.82 Å². The summed E-state index contributed by atoms with van der Waals surface area (Å²) in [6, 6.07) is 4.86. The van der Waals surface area contributed by atoms with Crippen molar-refractivity contribution in [2.24, 2.45) is 0 Å². The van der Waals surface area contributed by atoms with Crippen molar-refractivity contribution in [3.8, 4) is 0 Å². The van der Waals surface area contributed by atoms with Gasteiger partial charge in [-0.3, -0.25) is 0 Å². The van der Waals surface area contributed by atoms with E-state index in [-0.39, 0.29) is 5.82 Å². The van der Waals surface area contributed by atoms with Crippen LogP contribution in [0.2, 0.25) is 5.02 Å². The molecule has 0 spiro atoms. The lowest BCUT2D eigenvalue weighted by atomic mass is 10.2. The Hall–Kier alpha value is -0.670. The van der Waals surface area contributed by atoms with Crippen molar-refractivity contribution < 1.29 is 4.39 Å². The van der Waals surface area contributed by atoms with Crippen LogP contribution in [-0.2, 0) is 0 Å². The number of rotatable bonds is 0. The first kappa shape index (κ1) is 9.87. The zero-order valence-electron chi connectivity index (χ0n) is 7.31. The fourth-order valence-electron chi connectivity index (χ4n) is 1.33.